The van der Waals surface area contributed by atoms with Crippen LogP contribution >= 0.6 is 0 Å². The number of carbonyl (C=O) groups is 1. The smallest absolute Gasteiger partial charge is 0.251 e. The van der Waals surface area contributed by atoms with Crippen molar-refractivity contribution in [2.24, 2.45) is 0 Å². The van der Waals surface area contributed by atoms with Gasteiger partial charge in [-0.05, 0) is 42.5 Å². The summed E-state index contributed by atoms with van der Waals surface area (Å²) in [6.07, 6.45) is 7.64. The third-order valence-corrected chi connectivity index (χ3v) is 3.93. The zero-order chi connectivity index (χ0) is 16.4. The second kappa shape index (κ2) is 6.04. The molecule has 0 saturated carbocycles. The van der Waals surface area contributed by atoms with Crippen LogP contribution in [0, 0.1) is 0 Å². The minimum absolute atomic E-state index is 0.114. The van der Waals surface area contributed by atoms with Gasteiger partial charge in [0.25, 0.3) is 5.91 Å². The lowest BCUT2D eigenvalue weighted by atomic mass is 10.2. The highest BCUT2D eigenvalue weighted by Crippen LogP contribution is 2.11. The van der Waals surface area contributed by atoms with E-state index in [2.05, 4.69) is 10.3 Å². The van der Waals surface area contributed by atoms with E-state index in [0.717, 1.165) is 17.0 Å². The first-order valence-corrected chi connectivity index (χ1v) is 7.74. The standard InChI is InChI=1S/C19H16N4O/c24-19(15-6-5-8-16(12-15)22-9-3-4-10-22)21-14-18-20-13-17-7-1-2-11-23(17)18/h1-13H,14H2,(H,21,24). The maximum absolute atomic E-state index is 12.4. The van der Waals surface area contributed by atoms with Crippen molar-refractivity contribution in [3.63, 3.8) is 0 Å². The van der Waals surface area contributed by atoms with Crippen LogP contribution in [0.4, 0.5) is 0 Å². The largest absolute Gasteiger partial charge is 0.345 e. The molecule has 5 nitrogen and oxygen atoms in total. The molecule has 1 aromatic carbocycles. The fraction of sp³-hybridized carbons (Fsp3) is 0.0526. The molecule has 3 heterocycles. The first-order valence-electron chi connectivity index (χ1n) is 7.74. The number of amides is 1. The number of fused-ring (bicyclic) bond motifs is 1. The first kappa shape index (κ1) is 14.3. The van der Waals surface area contributed by atoms with Crippen molar-refractivity contribution in [2.45, 2.75) is 6.54 Å². The number of aromatic nitrogens is 3. The Labute approximate surface area is 139 Å². The molecular weight excluding hydrogens is 300 g/mol. The molecule has 0 bridgehead atoms. The minimum Gasteiger partial charge on any atom is -0.345 e. The number of hydrogen-bond donors (Lipinski definition) is 1. The highest BCUT2D eigenvalue weighted by atomic mass is 16.1. The van der Waals surface area contributed by atoms with E-state index in [4.69, 9.17) is 0 Å². The number of carbonyl (C=O) groups excluding carboxylic acids is 1. The van der Waals surface area contributed by atoms with Gasteiger partial charge in [0.15, 0.2) is 0 Å². The van der Waals surface area contributed by atoms with Gasteiger partial charge < -0.3 is 14.3 Å². The van der Waals surface area contributed by atoms with Gasteiger partial charge in [-0.15, -0.1) is 0 Å². The van der Waals surface area contributed by atoms with Crippen LogP contribution in [-0.2, 0) is 6.54 Å². The van der Waals surface area contributed by atoms with E-state index in [1.807, 2.05) is 82.2 Å². The Kier molecular flexibility index (Phi) is 3.59. The summed E-state index contributed by atoms with van der Waals surface area (Å²) in [5, 5.41) is 2.93. The molecule has 0 saturated heterocycles. The van der Waals surface area contributed by atoms with Gasteiger partial charge in [-0.25, -0.2) is 4.98 Å². The number of pyridine rings is 1. The Bertz CT molecular complexity index is 985. The number of rotatable bonds is 4. The van der Waals surface area contributed by atoms with E-state index < -0.39 is 0 Å². The fourth-order valence-electron chi connectivity index (χ4n) is 2.71. The lowest BCUT2D eigenvalue weighted by Gasteiger charge is -2.08. The van der Waals surface area contributed by atoms with Gasteiger partial charge >= 0.3 is 0 Å². The summed E-state index contributed by atoms with van der Waals surface area (Å²) in [7, 11) is 0. The number of nitrogens with one attached hydrogen (secondary N) is 1. The van der Waals surface area contributed by atoms with Gasteiger partial charge in [-0.3, -0.25) is 4.79 Å². The van der Waals surface area contributed by atoms with Crippen molar-refractivity contribution in [1.82, 2.24) is 19.3 Å². The Balaban J connectivity index is 1.51. The van der Waals surface area contributed by atoms with E-state index in [0.29, 0.717) is 12.1 Å². The molecule has 0 radical (unpaired) electrons. The predicted molar refractivity (Wildman–Crippen MR) is 92.1 cm³/mol. The molecule has 0 spiro atoms. The Morgan fingerprint density at radius 1 is 1.00 bits per heavy atom. The van der Waals surface area contributed by atoms with Crippen LogP contribution in [0.2, 0.25) is 0 Å². The lowest BCUT2D eigenvalue weighted by molar-refractivity contribution is 0.0950. The molecule has 3 aromatic heterocycles. The average molecular weight is 316 g/mol. The zero-order valence-electron chi connectivity index (χ0n) is 13.0. The highest BCUT2D eigenvalue weighted by molar-refractivity contribution is 5.94. The predicted octanol–water partition coefficient (Wildman–Crippen LogP) is 3.06. The molecule has 4 aromatic rings. The molecule has 1 amide bonds. The molecular formula is C19H16N4O. The monoisotopic (exact) mass is 316 g/mol. The summed E-state index contributed by atoms with van der Waals surface area (Å²) in [4.78, 5) is 16.8. The topological polar surface area (TPSA) is 51.3 Å². The molecule has 5 heteroatoms. The quantitative estimate of drug-likeness (QED) is 0.629. The normalized spacial score (nSPS) is 10.8. The van der Waals surface area contributed by atoms with Crippen molar-refractivity contribution in [3.8, 4) is 5.69 Å². The van der Waals surface area contributed by atoms with Gasteiger partial charge in [0.2, 0.25) is 0 Å². The summed E-state index contributed by atoms with van der Waals surface area (Å²) in [6, 6.07) is 17.3. The molecule has 0 atom stereocenters. The number of benzene rings is 1. The van der Waals surface area contributed by atoms with Gasteiger partial charge in [-0.2, -0.15) is 0 Å². The SMILES string of the molecule is O=C(NCc1ncc2ccccn12)c1cccc(-n2cccc2)c1. The molecule has 1 N–H and O–H groups in total. The summed E-state index contributed by atoms with van der Waals surface area (Å²) < 4.78 is 3.94. The lowest BCUT2D eigenvalue weighted by Crippen LogP contribution is -2.24. The molecule has 0 unspecified atom stereocenters. The molecule has 118 valence electrons. The van der Waals surface area contributed by atoms with Gasteiger partial charge in [0, 0.05) is 29.8 Å². The Morgan fingerprint density at radius 3 is 2.71 bits per heavy atom. The second-order valence-electron chi connectivity index (χ2n) is 5.49. The second-order valence-corrected chi connectivity index (χ2v) is 5.49. The molecule has 0 fully saturated rings. The van der Waals surface area contributed by atoms with Crippen molar-refractivity contribution < 1.29 is 4.79 Å². The maximum atomic E-state index is 12.4. The van der Waals surface area contributed by atoms with Gasteiger partial charge in [0.1, 0.15) is 5.82 Å². The number of hydrogen-bond acceptors (Lipinski definition) is 2. The van der Waals surface area contributed by atoms with Crippen LogP contribution in [0.15, 0.2) is 79.4 Å². The van der Waals surface area contributed by atoms with Crippen molar-refractivity contribution in [1.29, 1.82) is 0 Å². The summed E-state index contributed by atoms with van der Waals surface area (Å²) in [6.45, 7) is 0.380. The first-order chi connectivity index (χ1) is 11.8. The van der Waals surface area contributed by atoms with E-state index >= 15 is 0 Å². The zero-order valence-corrected chi connectivity index (χ0v) is 13.0. The van der Waals surface area contributed by atoms with Crippen LogP contribution in [0.1, 0.15) is 16.2 Å². The van der Waals surface area contributed by atoms with Crippen molar-refractivity contribution >= 4 is 11.4 Å². The van der Waals surface area contributed by atoms with Gasteiger partial charge in [-0.1, -0.05) is 12.1 Å². The van der Waals surface area contributed by atoms with E-state index in [1.165, 1.54) is 0 Å². The Morgan fingerprint density at radius 2 is 1.83 bits per heavy atom. The molecule has 0 aliphatic carbocycles. The van der Waals surface area contributed by atoms with Crippen molar-refractivity contribution in [2.75, 3.05) is 0 Å². The molecule has 0 aliphatic heterocycles. The maximum Gasteiger partial charge on any atom is 0.251 e. The summed E-state index contributed by atoms with van der Waals surface area (Å²) >= 11 is 0. The highest BCUT2D eigenvalue weighted by Gasteiger charge is 2.09. The third kappa shape index (κ3) is 2.67. The number of nitrogens with zero attached hydrogens (tertiary/aromatic N) is 3. The molecule has 24 heavy (non-hydrogen) atoms. The van der Waals surface area contributed by atoms with Gasteiger partial charge in [0.05, 0.1) is 18.3 Å². The van der Waals surface area contributed by atoms with Crippen molar-refractivity contribution in [3.05, 3.63) is 90.8 Å². The average Bonchev–Trinajstić information content (AvgIpc) is 3.30. The summed E-state index contributed by atoms with van der Waals surface area (Å²) in [5.41, 5.74) is 2.59. The van der Waals surface area contributed by atoms with E-state index in [9.17, 15) is 4.79 Å². The molecule has 0 aliphatic rings. The van der Waals surface area contributed by atoms with Crippen LogP contribution in [0.25, 0.3) is 11.2 Å². The van der Waals surface area contributed by atoms with E-state index in [-0.39, 0.29) is 5.91 Å². The minimum atomic E-state index is -0.114. The van der Waals surface area contributed by atoms with Crippen LogP contribution < -0.4 is 5.32 Å². The van der Waals surface area contributed by atoms with Crippen LogP contribution in [0.3, 0.4) is 0 Å². The van der Waals surface area contributed by atoms with Crippen LogP contribution in [-0.4, -0.2) is 19.9 Å². The van der Waals surface area contributed by atoms with Crippen LogP contribution in [0.5, 0.6) is 0 Å². The van der Waals surface area contributed by atoms with E-state index in [1.54, 1.807) is 6.20 Å². The summed E-state index contributed by atoms with van der Waals surface area (Å²) in [5.74, 6) is 0.692. The third-order valence-electron chi connectivity index (χ3n) is 3.93. The fourth-order valence-corrected chi connectivity index (χ4v) is 2.71. The Hall–Kier alpha value is -3.34. The number of imidazole rings is 1. The molecule has 4 rings (SSSR count).